The highest BCUT2D eigenvalue weighted by Gasteiger charge is 2.19. The SMILES string of the molecule is CN(C)CC(C)(C)CNc1ncncc1Cl. The molecule has 90 valence electrons. The monoisotopic (exact) mass is 242 g/mol. The van der Waals surface area contributed by atoms with Gasteiger partial charge in [0.05, 0.1) is 6.20 Å². The van der Waals surface area contributed by atoms with E-state index in [4.69, 9.17) is 11.6 Å². The van der Waals surface area contributed by atoms with Crippen molar-refractivity contribution in [2.45, 2.75) is 13.8 Å². The van der Waals surface area contributed by atoms with Crippen LogP contribution < -0.4 is 5.32 Å². The van der Waals surface area contributed by atoms with Gasteiger partial charge in [-0.1, -0.05) is 25.4 Å². The fourth-order valence-corrected chi connectivity index (χ4v) is 1.85. The molecule has 1 aromatic rings. The maximum absolute atomic E-state index is 5.96. The maximum Gasteiger partial charge on any atom is 0.148 e. The Labute approximate surface area is 102 Å². The van der Waals surface area contributed by atoms with Crippen molar-refractivity contribution < 1.29 is 0 Å². The first kappa shape index (κ1) is 13.2. The Kier molecular flexibility index (Phi) is 4.50. The van der Waals surface area contributed by atoms with Gasteiger partial charge in [0.2, 0.25) is 0 Å². The molecule has 0 saturated carbocycles. The molecule has 0 unspecified atom stereocenters. The van der Waals surface area contributed by atoms with Gasteiger partial charge in [0.15, 0.2) is 0 Å². The molecule has 1 N–H and O–H groups in total. The number of hydrogen-bond donors (Lipinski definition) is 1. The van der Waals surface area contributed by atoms with Crippen LogP contribution in [0, 0.1) is 5.41 Å². The van der Waals surface area contributed by atoms with Gasteiger partial charge in [0, 0.05) is 13.1 Å². The first-order valence-corrected chi connectivity index (χ1v) is 5.63. The van der Waals surface area contributed by atoms with Crippen LogP contribution in [0.2, 0.25) is 5.02 Å². The van der Waals surface area contributed by atoms with E-state index in [1.807, 2.05) is 0 Å². The minimum Gasteiger partial charge on any atom is -0.368 e. The fraction of sp³-hybridized carbons (Fsp3) is 0.636. The normalized spacial score (nSPS) is 11.9. The lowest BCUT2D eigenvalue weighted by molar-refractivity contribution is 0.254. The molecule has 0 fully saturated rings. The summed E-state index contributed by atoms with van der Waals surface area (Å²) in [7, 11) is 4.14. The van der Waals surface area contributed by atoms with Crippen LogP contribution in [-0.2, 0) is 0 Å². The molecule has 5 heteroatoms. The highest BCUT2D eigenvalue weighted by atomic mass is 35.5. The van der Waals surface area contributed by atoms with Crippen LogP contribution in [0.4, 0.5) is 5.82 Å². The summed E-state index contributed by atoms with van der Waals surface area (Å²) < 4.78 is 0. The van der Waals surface area contributed by atoms with Crippen LogP contribution in [0.5, 0.6) is 0 Å². The molecular weight excluding hydrogens is 224 g/mol. The minimum absolute atomic E-state index is 0.164. The van der Waals surface area contributed by atoms with Crippen LogP contribution in [0.15, 0.2) is 12.5 Å². The maximum atomic E-state index is 5.96. The van der Waals surface area contributed by atoms with E-state index in [2.05, 4.69) is 48.1 Å². The molecule has 0 atom stereocenters. The zero-order chi connectivity index (χ0) is 12.2. The lowest BCUT2D eigenvalue weighted by Crippen LogP contribution is -2.34. The molecule has 0 saturated heterocycles. The number of nitrogens with one attached hydrogen (secondary N) is 1. The predicted octanol–water partition coefficient (Wildman–Crippen LogP) is 2.13. The second kappa shape index (κ2) is 5.46. The fourth-order valence-electron chi connectivity index (χ4n) is 1.68. The molecule has 1 rings (SSSR count). The molecule has 16 heavy (non-hydrogen) atoms. The number of halogens is 1. The van der Waals surface area contributed by atoms with E-state index >= 15 is 0 Å². The van der Waals surface area contributed by atoms with Gasteiger partial charge < -0.3 is 10.2 Å². The van der Waals surface area contributed by atoms with Crippen LogP contribution in [-0.4, -0.2) is 42.1 Å². The van der Waals surface area contributed by atoms with E-state index in [1.54, 1.807) is 6.20 Å². The van der Waals surface area contributed by atoms with Crippen molar-refractivity contribution in [1.82, 2.24) is 14.9 Å². The predicted molar refractivity (Wildman–Crippen MR) is 67.9 cm³/mol. The average Bonchev–Trinajstić information content (AvgIpc) is 2.14. The lowest BCUT2D eigenvalue weighted by Gasteiger charge is -2.28. The van der Waals surface area contributed by atoms with E-state index in [9.17, 15) is 0 Å². The molecule has 0 aliphatic carbocycles. The molecule has 0 aromatic carbocycles. The highest BCUT2D eigenvalue weighted by Crippen LogP contribution is 2.20. The summed E-state index contributed by atoms with van der Waals surface area (Å²) >= 11 is 5.96. The van der Waals surface area contributed by atoms with Crippen molar-refractivity contribution in [3.05, 3.63) is 17.5 Å². The number of rotatable bonds is 5. The largest absolute Gasteiger partial charge is 0.368 e. The van der Waals surface area contributed by atoms with E-state index < -0.39 is 0 Å². The average molecular weight is 243 g/mol. The van der Waals surface area contributed by atoms with Gasteiger partial charge in [-0.3, -0.25) is 0 Å². The molecule has 0 amide bonds. The molecule has 1 aromatic heterocycles. The van der Waals surface area contributed by atoms with Crippen LogP contribution in [0.1, 0.15) is 13.8 Å². The Bertz CT molecular complexity index is 339. The van der Waals surface area contributed by atoms with Crippen molar-refractivity contribution in [3.63, 3.8) is 0 Å². The van der Waals surface area contributed by atoms with E-state index in [0.717, 1.165) is 13.1 Å². The number of anilines is 1. The Morgan fingerprint density at radius 2 is 2.12 bits per heavy atom. The number of hydrogen-bond acceptors (Lipinski definition) is 4. The van der Waals surface area contributed by atoms with Gasteiger partial charge in [0.25, 0.3) is 0 Å². The molecule has 4 nitrogen and oxygen atoms in total. The molecule has 0 aliphatic rings. The minimum atomic E-state index is 0.164. The summed E-state index contributed by atoms with van der Waals surface area (Å²) in [6.07, 6.45) is 3.09. The van der Waals surface area contributed by atoms with Gasteiger partial charge >= 0.3 is 0 Å². The summed E-state index contributed by atoms with van der Waals surface area (Å²) in [4.78, 5) is 10.1. The standard InChI is InChI=1S/C11H19ClN4/c1-11(2,7-16(3)4)6-14-10-9(12)5-13-8-15-10/h5,8H,6-7H2,1-4H3,(H,13,14,15). The van der Waals surface area contributed by atoms with Crippen molar-refractivity contribution in [1.29, 1.82) is 0 Å². The summed E-state index contributed by atoms with van der Waals surface area (Å²) in [5.41, 5.74) is 0.164. The summed E-state index contributed by atoms with van der Waals surface area (Å²) in [5, 5.41) is 3.81. The number of aromatic nitrogens is 2. The third kappa shape index (κ3) is 4.33. The zero-order valence-electron chi connectivity index (χ0n) is 10.3. The summed E-state index contributed by atoms with van der Waals surface area (Å²) in [6.45, 7) is 6.23. The Balaban J connectivity index is 2.54. The molecule has 0 spiro atoms. The molecule has 0 bridgehead atoms. The lowest BCUT2D eigenvalue weighted by atomic mass is 9.93. The Morgan fingerprint density at radius 3 is 2.69 bits per heavy atom. The van der Waals surface area contributed by atoms with Crippen molar-refractivity contribution in [2.24, 2.45) is 5.41 Å². The van der Waals surface area contributed by atoms with Gasteiger partial charge in [0.1, 0.15) is 17.2 Å². The summed E-state index contributed by atoms with van der Waals surface area (Å²) in [5.74, 6) is 0.698. The second-order valence-electron chi connectivity index (χ2n) is 4.97. The van der Waals surface area contributed by atoms with Gasteiger partial charge in [-0.2, -0.15) is 0 Å². The smallest absolute Gasteiger partial charge is 0.148 e. The Morgan fingerprint density at radius 1 is 1.44 bits per heavy atom. The van der Waals surface area contributed by atoms with Crippen LogP contribution >= 0.6 is 11.6 Å². The van der Waals surface area contributed by atoms with Crippen LogP contribution in [0.25, 0.3) is 0 Å². The van der Waals surface area contributed by atoms with Crippen molar-refractivity contribution in [2.75, 3.05) is 32.5 Å². The highest BCUT2D eigenvalue weighted by molar-refractivity contribution is 6.32. The van der Waals surface area contributed by atoms with Gasteiger partial charge in [-0.05, 0) is 19.5 Å². The zero-order valence-corrected chi connectivity index (χ0v) is 11.0. The molecule has 0 radical (unpaired) electrons. The second-order valence-corrected chi connectivity index (χ2v) is 5.38. The topological polar surface area (TPSA) is 41.0 Å². The first-order valence-electron chi connectivity index (χ1n) is 5.25. The van der Waals surface area contributed by atoms with Crippen molar-refractivity contribution >= 4 is 17.4 Å². The van der Waals surface area contributed by atoms with Gasteiger partial charge in [-0.15, -0.1) is 0 Å². The molecule has 1 heterocycles. The number of nitrogens with zero attached hydrogens (tertiary/aromatic N) is 3. The van der Waals surface area contributed by atoms with Crippen LogP contribution in [0.3, 0.4) is 0 Å². The quantitative estimate of drug-likeness (QED) is 0.859. The Hall–Kier alpha value is -0.870. The third-order valence-corrected chi connectivity index (χ3v) is 2.42. The third-order valence-electron chi connectivity index (χ3n) is 2.15. The molecule has 0 aliphatic heterocycles. The summed E-state index contributed by atoms with van der Waals surface area (Å²) in [6, 6.07) is 0. The van der Waals surface area contributed by atoms with E-state index in [-0.39, 0.29) is 5.41 Å². The van der Waals surface area contributed by atoms with E-state index in [0.29, 0.717) is 10.8 Å². The van der Waals surface area contributed by atoms with E-state index in [1.165, 1.54) is 6.33 Å². The molecular formula is C11H19ClN4. The first-order chi connectivity index (χ1) is 7.41. The van der Waals surface area contributed by atoms with Gasteiger partial charge in [-0.25, -0.2) is 9.97 Å². The van der Waals surface area contributed by atoms with Crippen molar-refractivity contribution in [3.8, 4) is 0 Å².